The van der Waals surface area contributed by atoms with Gasteiger partial charge in [-0.2, -0.15) is 4.98 Å². The fourth-order valence-corrected chi connectivity index (χ4v) is 3.46. The zero-order valence-electron chi connectivity index (χ0n) is 14.0. The van der Waals surface area contributed by atoms with Crippen LogP contribution in [0, 0.1) is 0 Å². The highest BCUT2D eigenvalue weighted by Gasteiger charge is 2.11. The van der Waals surface area contributed by atoms with Crippen molar-refractivity contribution < 1.29 is 9.32 Å². The molecular formula is C20H17N3O2S. The quantitative estimate of drug-likeness (QED) is 0.557. The van der Waals surface area contributed by atoms with Crippen LogP contribution in [0.15, 0.2) is 64.5 Å². The van der Waals surface area contributed by atoms with Gasteiger partial charge in [0.15, 0.2) is 0 Å². The average molecular weight is 363 g/mol. The third-order valence-corrected chi connectivity index (χ3v) is 5.00. The van der Waals surface area contributed by atoms with E-state index >= 15 is 0 Å². The van der Waals surface area contributed by atoms with E-state index in [-0.39, 0.29) is 5.91 Å². The third-order valence-electron chi connectivity index (χ3n) is 4.13. The van der Waals surface area contributed by atoms with Crippen LogP contribution in [-0.4, -0.2) is 16.0 Å². The molecule has 0 spiro atoms. The van der Waals surface area contributed by atoms with Crippen LogP contribution in [0.4, 0.5) is 0 Å². The SMILES string of the molecule is O=C(CCc1nc(-c2cccs2)no1)NCc1cccc2ccccc12. The lowest BCUT2D eigenvalue weighted by molar-refractivity contribution is -0.121. The van der Waals surface area contributed by atoms with Gasteiger partial charge in [-0.1, -0.05) is 53.7 Å². The van der Waals surface area contributed by atoms with E-state index in [1.54, 1.807) is 11.3 Å². The van der Waals surface area contributed by atoms with Gasteiger partial charge < -0.3 is 9.84 Å². The smallest absolute Gasteiger partial charge is 0.227 e. The van der Waals surface area contributed by atoms with Crippen molar-refractivity contribution in [3.05, 3.63) is 71.4 Å². The molecule has 6 heteroatoms. The molecule has 5 nitrogen and oxygen atoms in total. The van der Waals surface area contributed by atoms with E-state index in [1.165, 1.54) is 5.39 Å². The number of benzene rings is 2. The lowest BCUT2D eigenvalue weighted by atomic mass is 10.0. The molecule has 1 N–H and O–H groups in total. The maximum Gasteiger partial charge on any atom is 0.227 e. The van der Waals surface area contributed by atoms with Gasteiger partial charge in [0.05, 0.1) is 4.88 Å². The minimum atomic E-state index is -0.0335. The second-order valence-electron chi connectivity index (χ2n) is 5.90. The number of hydrogen-bond donors (Lipinski definition) is 1. The maximum absolute atomic E-state index is 12.2. The number of carbonyl (C=O) groups is 1. The van der Waals surface area contributed by atoms with Crippen molar-refractivity contribution in [3.63, 3.8) is 0 Å². The molecule has 2 heterocycles. The molecule has 0 fully saturated rings. The summed E-state index contributed by atoms with van der Waals surface area (Å²) in [4.78, 5) is 17.5. The standard InChI is InChI=1S/C20H17N3O2S/c24-18(10-11-19-22-20(23-25-19)17-9-4-12-26-17)21-13-15-7-3-6-14-5-1-2-8-16(14)15/h1-9,12H,10-11,13H2,(H,21,24). The van der Waals surface area contributed by atoms with Gasteiger partial charge in [0.25, 0.3) is 0 Å². The Morgan fingerprint density at radius 3 is 2.85 bits per heavy atom. The number of rotatable bonds is 6. The van der Waals surface area contributed by atoms with Crippen molar-refractivity contribution in [3.8, 4) is 10.7 Å². The molecule has 26 heavy (non-hydrogen) atoms. The molecule has 0 saturated carbocycles. The number of nitrogens with one attached hydrogen (secondary N) is 1. The topological polar surface area (TPSA) is 68.0 Å². The highest BCUT2D eigenvalue weighted by atomic mass is 32.1. The minimum absolute atomic E-state index is 0.0335. The molecule has 2 aromatic heterocycles. The summed E-state index contributed by atoms with van der Waals surface area (Å²) >= 11 is 1.56. The van der Waals surface area contributed by atoms with Gasteiger partial charge in [-0.15, -0.1) is 11.3 Å². The Bertz CT molecular complexity index is 1020. The molecule has 4 rings (SSSR count). The fourth-order valence-electron chi connectivity index (χ4n) is 2.81. The molecular weight excluding hydrogens is 346 g/mol. The van der Waals surface area contributed by atoms with Crippen molar-refractivity contribution in [2.45, 2.75) is 19.4 Å². The van der Waals surface area contributed by atoms with Crippen LogP contribution in [-0.2, 0) is 17.8 Å². The molecule has 0 atom stereocenters. The molecule has 0 radical (unpaired) electrons. The normalized spacial score (nSPS) is 10.9. The number of amides is 1. The van der Waals surface area contributed by atoms with Gasteiger partial charge in [-0.05, 0) is 27.8 Å². The second kappa shape index (κ2) is 7.49. The number of aryl methyl sites for hydroxylation is 1. The Morgan fingerprint density at radius 1 is 1.08 bits per heavy atom. The zero-order valence-corrected chi connectivity index (χ0v) is 14.8. The summed E-state index contributed by atoms with van der Waals surface area (Å²) in [6.07, 6.45) is 0.747. The van der Waals surface area contributed by atoms with Gasteiger partial charge >= 0.3 is 0 Å². The molecule has 0 bridgehead atoms. The maximum atomic E-state index is 12.2. The van der Waals surface area contributed by atoms with Gasteiger partial charge in [0.1, 0.15) is 0 Å². The predicted octanol–water partition coefficient (Wildman–Crippen LogP) is 4.20. The third kappa shape index (κ3) is 3.65. The Labute approximate surface area is 154 Å². The number of fused-ring (bicyclic) bond motifs is 1. The summed E-state index contributed by atoms with van der Waals surface area (Å²) in [5.74, 6) is 1.02. The molecule has 2 aromatic carbocycles. The highest BCUT2D eigenvalue weighted by molar-refractivity contribution is 7.13. The molecule has 0 aliphatic carbocycles. The molecule has 0 aliphatic heterocycles. The van der Waals surface area contributed by atoms with E-state index < -0.39 is 0 Å². The zero-order chi connectivity index (χ0) is 17.8. The summed E-state index contributed by atoms with van der Waals surface area (Å²) in [7, 11) is 0. The first kappa shape index (κ1) is 16.5. The van der Waals surface area contributed by atoms with E-state index in [0.717, 1.165) is 15.8 Å². The number of nitrogens with zero attached hydrogens (tertiary/aromatic N) is 2. The van der Waals surface area contributed by atoms with Crippen molar-refractivity contribution in [2.24, 2.45) is 0 Å². The first-order valence-electron chi connectivity index (χ1n) is 8.39. The summed E-state index contributed by atoms with van der Waals surface area (Å²) in [5, 5.41) is 11.2. The number of carbonyl (C=O) groups excluding carboxylic acids is 1. The van der Waals surface area contributed by atoms with Crippen molar-refractivity contribution >= 4 is 28.0 Å². The van der Waals surface area contributed by atoms with Crippen LogP contribution >= 0.6 is 11.3 Å². The number of hydrogen-bond acceptors (Lipinski definition) is 5. The van der Waals surface area contributed by atoms with E-state index in [9.17, 15) is 4.79 Å². The van der Waals surface area contributed by atoms with Crippen molar-refractivity contribution in [1.82, 2.24) is 15.5 Å². The lowest BCUT2D eigenvalue weighted by Crippen LogP contribution is -2.23. The Kier molecular flexibility index (Phi) is 4.75. The summed E-state index contributed by atoms with van der Waals surface area (Å²) in [6, 6.07) is 18.2. The fraction of sp³-hybridized carbons (Fsp3) is 0.150. The van der Waals surface area contributed by atoms with Crippen LogP contribution in [0.1, 0.15) is 17.9 Å². The number of aromatic nitrogens is 2. The van der Waals surface area contributed by atoms with E-state index in [1.807, 2.05) is 41.8 Å². The first-order valence-corrected chi connectivity index (χ1v) is 9.27. The Balaban J connectivity index is 1.33. The van der Waals surface area contributed by atoms with Gasteiger partial charge in [-0.3, -0.25) is 4.79 Å². The van der Waals surface area contributed by atoms with Crippen LogP contribution in [0.2, 0.25) is 0 Å². The largest absolute Gasteiger partial charge is 0.352 e. The summed E-state index contributed by atoms with van der Waals surface area (Å²) < 4.78 is 5.22. The van der Waals surface area contributed by atoms with Crippen molar-refractivity contribution in [1.29, 1.82) is 0 Å². The van der Waals surface area contributed by atoms with Gasteiger partial charge in [-0.25, -0.2) is 0 Å². The monoisotopic (exact) mass is 363 g/mol. The lowest BCUT2D eigenvalue weighted by Gasteiger charge is -2.08. The minimum Gasteiger partial charge on any atom is -0.352 e. The molecule has 0 saturated heterocycles. The highest BCUT2D eigenvalue weighted by Crippen LogP contribution is 2.21. The van der Waals surface area contributed by atoms with E-state index in [4.69, 9.17) is 4.52 Å². The molecule has 1 amide bonds. The number of thiophene rings is 1. The van der Waals surface area contributed by atoms with Gasteiger partial charge in [0.2, 0.25) is 17.6 Å². The predicted molar refractivity (Wildman–Crippen MR) is 102 cm³/mol. The van der Waals surface area contributed by atoms with Gasteiger partial charge in [0, 0.05) is 19.4 Å². The van der Waals surface area contributed by atoms with Crippen LogP contribution in [0.3, 0.4) is 0 Å². The van der Waals surface area contributed by atoms with Crippen LogP contribution in [0.5, 0.6) is 0 Å². The van der Waals surface area contributed by atoms with E-state index in [0.29, 0.717) is 31.1 Å². The first-order chi connectivity index (χ1) is 12.8. The molecule has 0 aliphatic rings. The summed E-state index contributed by atoms with van der Waals surface area (Å²) in [6.45, 7) is 0.504. The Hall–Kier alpha value is -2.99. The average Bonchev–Trinajstić information content (AvgIpc) is 3.36. The van der Waals surface area contributed by atoms with Crippen LogP contribution in [0.25, 0.3) is 21.5 Å². The molecule has 130 valence electrons. The van der Waals surface area contributed by atoms with Crippen LogP contribution < -0.4 is 5.32 Å². The summed E-state index contributed by atoms with van der Waals surface area (Å²) in [5.41, 5.74) is 1.11. The Morgan fingerprint density at radius 2 is 1.96 bits per heavy atom. The second-order valence-corrected chi connectivity index (χ2v) is 6.85. The molecule has 4 aromatic rings. The molecule has 0 unspecified atom stereocenters. The van der Waals surface area contributed by atoms with E-state index in [2.05, 4.69) is 33.7 Å². The van der Waals surface area contributed by atoms with Crippen molar-refractivity contribution in [2.75, 3.05) is 0 Å².